The first-order valence-electron chi connectivity index (χ1n) is 7.50. The second-order valence-corrected chi connectivity index (χ2v) is 6.88. The van der Waals surface area contributed by atoms with Crippen molar-refractivity contribution in [2.45, 2.75) is 18.4 Å². The molecule has 0 aliphatic carbocycles. The van der Waals surface area contributed by atoms with Crippen LogP contribution < -0.4 is 0 Å². The number of hydrogen-bond donors (Lipinski definition) is 2. The highest BCUT2D eigenvalue weighted by molar-refractivity contribution is 7.17. The van der Waals surface area contributed by atoms with E-state index >= 15 is 0 Å². The van der Waals surface area contributed by atoms with E-state index in [0.29, 0.717) is 4.88 Å². The van der Waals surface area contributed by atoms with Gasteiger partial charge in [0.15, 0.2) is 5.60 Å². The van der Waals surface area contributed by atoms with Crippen molar-refractivity contribution in [1.29, 1.82) is 0 Å². The van der Waals surface area contributed by atoms with Crippen LogP contribution in [0.1, 0.15) is 22.5 Å². The SMILES string of the molecule is O=C(c1ccc(-c2ccc(F)cc2)s1)N1CCC(O)(C(=O)O)CC1. The minimum Gasteiger partial charge on any atom is -0.479 e. The van der Waals surface area contributed by atoms with Crippen molar-refractivity contribution in [3.8, 4) is 10.4 Å². The molecule has 1 aliphatic rings. The molecule has 0 atom stereocenters. The monoisotopic (exact) mass is 349 g/mol. The lowest BCUT2D eigenvalue weighted by Gasteiger charge is -2.35. The number of carboxylic acid groups (broad SMARTS) is 1. The number of likely N-dealkylation sites (tertiary alicyclic amines) is 1. The molecular weight excluding hydrogens is 333 g/mol. The van der Waals surface area contributed by atoms with Crippen LogP contribution in [0.2, 0.25) is 0 Å². The summed E-state index contributed by atoms with van der Waals surface area (Å²) in [6.45, 7) is 0.400. The quantitative estimate of drug-likeness (QED) is 0.893. The van der Waals surface area contributed by atoms with E-state index in [4.69, 9.17) is 5.11 Å². The summed E-state index contributed by atoms with van der Waals surface area (Å²) in [5.41, 5.74) is -0.912. The standard InChI is InChI=1S/C17H16FNO4S/c18-12-3-1-11(2-4-12)13-5-6-14(24-13)15(20)19-9-7-17(23,8-10-19)16(21)22/h1-6,23H,7-10H2,(H,21,22). The fourth-order valence-electron chi connectivity index (χ4n) is 2.67. The van der Waals surface area contributed by atoms with Crippen LogP contribution in [0, 0.1) is 5.82 Å². The predicted molar refractivity (Wildman–Crippen MR) is 87.4 cm³/mol. The minimum absolute atomic E-state index is 0.0181. The van der Waals surface area contributed by atoms with Crippen molar-refractivity contribution in [1.82, 2.24) is 4.90 Å². The van der Waals surface area contributed by atoms with Crippen molar-refractivity contribution < 1.29 is 24.2 Å². The number of carbonyl (C=O) groups is 2. The minimum atomic E-state index is -1.74. The maximum Gasteiger partial charge on any atom is 0.335 e. The molecule has 0 radical (unpaired) electrons. The third-order valence-electron chi connectivity index (χ3n) is 4.22. The summed E-state index contributed by atoms with van der Waals surface area (Å²) in [4.78, 5) is 26.5. The number of carbonyl (C=O) groups excluding carboxylic acids is 1. The molecule has 1 aromatic carbocycles. The highest BCUT2D eigenvalue weighted by Gasteiger charge is 2.40. The highest BCUT2D eigenvalue weighted by atomic mass is 32.1. The van der Waals surface area contributed by atoms with Crippen molar-refractivity contribution in [2.75, 3.05) is 13.1 Å². The first kappa shape index (κ1) is 16.6. The van der Waals surface area contributed by atoms with Crippen LogP contribution in [-0.4, -0.2) is 45.7 Å². The van der Waals surface area contributed by atoms with Gasteiger partial charge in [0, 0.05) is 30.8 Å². The normalized spacial score (nSPS) is 16.8. The number of aliphatic hydroxyl groups is 1. The molecule has 2 N–H and O–H groups in total. The second-order valence-electron chi connectivity index (χ2n) is 5.80. The first-order valence-corrected chi connectivity index (χ1v) is 8.31. The molecule has 2 heterocycles. The van der Waals surface area contributed by atoms with Gasteiger partial charge < -0.3 is 15.1 Å². The summed E-state index contributed by atoms with van der Waals surface area (Å²) < 4.78 is 13.0. The summed E-state index contributed by atoms with van der Waals surface area (Å²) in [5.74, 6) is -1.74. The largest absolute Gasteiger partial charge is 0.479 e. The van der Waals surface area contributed by atoms with E-state index in [9.17, 15) is 19.1 Å². The Labute approximate surface area is 142 Å². The van der Waals surface area contributed by atoms with Gasteiger partial charge in [-0.3, -0.25) is 4.79 Å². The molecule has 1 amide bonds. The van der Waals surface area contributed by atoms with Crippen LogP contribution in [0.15, 0.2) is 36.4 Å². The maximum absolute atomic E-state index is 13.0. The summed E-state index contributed by atoms with van der Waals surface area (Å²) in [7, 11) is 0. The zero-order valence-corrected chi connectivity index (χ0v) is 13.6. The smallest absolute Gasteiger partial charge is 0.335 e. The number of hydrogen-bond acceptors (Lipinski definition) is 4. The van der Waals surface area contributed by atoms with Crippen LogP contribution in [0.4, 0.5) is 4.39 Å². The van der Waals surface area contributed by atoms with Crippen LogP contribution >= 0.6 is 11.3 Å². The molecule has 5 nitrogen and oxygen atoms in total. The Morgan fingerprint density at radius 1 is 1.08 bits per heavy atom. The molecule has 1 saturated heterocycles. The number of piperidine rings is 1. The van der Waals surface area contributed by atoms with Crippen LogP contribution in [0.5, 0.6) is 0 Å². The van der Waals surface area contributed by atoms with Gasteiger partial charge in [-0.25, -0.2) is 9.18 Å². The Balaban J connectivity index is 1.71. The molecule has 0 unspecified atom stereocenters. The number of amides is 1. The molecule has 3 rings (SSSR count). The van der Waals surface area contributed by atoms with E-state index in [0.717, 1.165) is 10.4 Å². The number of thiophene rings is 1. The van der Waals surface area contributed by atoms with E-state index < -0.39 is 11.6 Å². The molecule has 126 valence electrons. The molecule has 0 spiro atoms. The molecule has 0 bridgehead atoms. The molecule has 24 heavy (non-hydrogen) atoms. The Morgan fingerprint density at radius 3 is 2.29 bits per heavy atom. The van der Waals surface area contributed by atoms with Gasteiger partial charge in [-0.05, 0) is 29.8 Å². The Kier molecular flexibility index (Phi) is 4.38. The van der Waals surface area contributed by atoms with Gasteiger partial charge in [0.05, 0.1) is 4.88 Å². The number of benzene rings is 1. The molecule has 7 heteroatoms. The average Bonchev–Trinajstić information content (AvgIpc) is 3.05. The fourth-order valence-corrected chi connectivity index (χ4v) is 3.65. The molecule has 0 saturated carbocycles. The lowest BCUT2D eigenvalue weighted by atomic mass is 9.91. The molecule has 1 aromatic heterocycles. The topological polar surface area (TPSA) is 77.8 Å². The summed E-state index contributed by atoms with van der Waals surface area (Å²) in [6.07, 6.45) is 0.0362. The number of rotatable bonds is 3. The second kappa shape index (κ2) is 6.33. The zero-order chi connectivity index (χ0) is 17.3. The number of nitrogens with zero attached hydrogens (tertiary/aromatic N) is 1. The van der Waals surface area contributed by atoms with E-state index in [2.05, 4.69) is 0 Å². The van der Waals surface area contributed by atoms with E-state index in [1.54, 1.807) is 23.1 Å². The Hall–Kier alpha value is -2.25. The molecule has 2 aromatic rings. The van der Waals surface area contributed by atoms with Gasteiger partial charge in [-0.1, -0.05) is 12.1 Å². The molecular formula is C17H16FNO4S. The predicted octanol–water partition coefficient (Wildman–Crippen LogP) is 2.61. The summed E-state index contributed by atoms with van der Waals surface area (Å²) in [6, 6.07) is 9.57. The average molecular weight is 349 g/mol. The van der Waals surface area contributed by atoms with E-state index in [1.165, 1.54) is 23.5 Å². The lowest BCUT2D eigenvalue weighted by molar-refractivity contribution is -0.162. The maximum atomic E-state index is 13.0. The van der Waals surface area contributed by atoms with Crippen molar-refractivity contribution in [2.24, 2.45) is 0 Å². The molecule has 1 aliphatic heterocycles. The lowest BCUT2D eigenvalue weighted by Crippen LogP contribution is -2.50. The van der Waals surface area contributed by atoms with Crippen molar-refractivity contribution in [3.63, 3.8) is 0 Å². The number of aliphatic carboxylic acids is 1. The number of halogens is 1. The van der Waals surface area contributed by atoms with E-state index in [1.807, 2.05) is 6.07 Å². The van der Waals surface area contributed by atoms with Gasteiger partial charge in [-0.2, -0.15) is 0 Å². The van der Waals surface area contributed by atoms with Crippen LogP contribution in [-0.2, 0) is 4.79 Å². The number of carboxylic acids is 1. The Morgan fingerprint density at radius 2 is 1.71 bits per heavy atom. The van der Waals surface area contributed by atoms with Gasteiger partial charge in [0.2, 0.25) is 0 Å². The van der Waals surface area contributed by atoms with Crippen molar-refractivity contribution >= 4 is 23.2 Å². The van der Waals surface area contributed by atoms with Crippen LogP contribution in [0.25, 0.3) is 10.4 Å². The third-order valence-corrected chi connectivity index (χ3v) is 5.34. The van der Waals surface area contributed by atoms with Gasteiger partial charge >= 0.3 is 5.97 Å². The van der Waals surface area contributed by atoms with Crippen LogP contribution in [0.3, 0.4) is 0 Å². The highest BCUT2D eigenvalue weighted by Crippen LogP contribution is 2.30. The third kappa shape index (κ3) is 3.18. The van der Waals surface area contributed by atoms with Crippen molar-refractivity contribution in [3.05, 3.63) is 47.1 Å². The van der Waals surface area contributed by atoms with E-state index in [-0.39, 0.29) is 37.7 Å². The summed E-state index contributed by atoms with van der Waals surface area (Å²) in [5, 5.41) is 18.9. The Bertz CT molecular complexity index is 763. The van der Waals surface area contributed by atoms with Gasteiger partial charge in [0.25, 0.3) is 5.91 Å². The summed E-state index contributed by atoms with van der Waals surface area (Å²) >= 11 is 1.31. The van der Waals surface area contributed by atoms with Gasteiger partial charge in [-0.15, -0.1) is 11.3 Å². The fraction of sp³-hybridized carbons (Fsp3) is 0.294. The first-order chi connectivity index (χ1) is 11.4. The zero-order valence-electron chi connectivity index (χ0n) is 12.7. The van der Waals surface area contributed by atoms with Gasteiger partial charge in [0.1, 0.15) is 5.82 Å². The molecule has 1 fully saturated rings.